The fourth-order valence-corrected chi connectivity index (χ4v) is 4.41. The molecule has 0 bridgehead atoms. The average molecular weight is 315 g/mol. The van der Waals surface area contributed by atoms with E-state index in [0.717, 1.165) is 0 Å². The van der Waals surface area contributed by atoms with Crippen molar-refractivity contribution in [1.82, 2.24) is 14.8 Å². The Morgan fingerprint density at radius 1 is 1.38 bits per heavy atom. The van der Waals surface area contributed by atoms with Crippen molar-refractivity contribution in [3.63, 3.8) is 0 Å². The van der Waals surface area contributed by atoms with Crippen LogP contribution in [0.4, 0.5) is 0 Å². The maximum absolute atomic E-state index is 12.6. The number of carbonyl (C=O) groups excluding carboxylic acids is 1. The summed E-state index contributed by atoms with van der Waals surface area (Å²) >= 11 is 0. The maximum atomic E-state index is 12.6. The molecule has 0 saturated carbocycles. The Labute approximate surface area is 124 Å². The van der Waals surface area contributed by atoms with Gasteiger partial charge in [-0.15, -0.1) is 0 Å². The third kappa shape index (κ3) is 3.11. The zero-order chi connectivity index (χ0) is 15.6. The van der Waals surface area contributed by atoms with E-state index < -0.39 is 10.0 Å². The van der Waals surface area contributed by atoms with Gasteiger partial charge in [-0.05, 0) is 33.6 Å². The molecule has 2 heterocycles. The van der Waals surface area contributed by atoms with Gasteiger partial charge in [-0.1, -0.05) is 5.16 Å². The van der Waals surface area contributed by atoms with Crippen LogP contribution < -0.4 is 5.32 Å². The van der Waals surface area contributed by atoms with Gasteiger partial charge < -0.3 is 9.84 Å². The predicted molar refractivity (Wildman–Crippen MR) is 76.1 cm³/mol. The lowest BCUT2D eigenvalue weighted by Crippen LogP contribution is -2.43. The first kappa shape index (κ1) is 16.0. The third-order valence-corrected chi connectivity index (χ3v) is 5.89. The highest BCUT2D eigenvalue weighted by molar-refractivity contribution is 7.89. The van der Waals surface area contributed by atoms with Crippen molar-refractivity contribution in [3.8, 4) is 0 Å². The number of aryl methyl sites for hydroxylation is 2. The summed E-state index contributed by atoms with van der Waals surface area (Å²) < 4.78 is 31.6. The van der Waals surface area contributed by atoms with Crippen LogP contribution in [0, 0.1) is 19.8 Å². The smallest absolute Gasteiger partial charge is 0.248 e. The van der Waals surface area contributed by atoms with E-state index in [1.807, 2.05) is 6.92 Å². The standard InChI is InChI=1S/C13H21N3O4S/c1-4-14-13(17)11-5-7-16(8-6-11)21(18,19)12-9(2)15-20-10(12)3/h11H,4-8H2,1-3H3,(H,14,17). The number of carbonyl (C=O) groups is 1. The van der Waals surface area contributed by atoms with Crippen molar-refractivity contribution in [2.24, 2.45) is 5.92 Å². The van der Waals surface area contributed by atoms with Gasteiger partial charge >= 0.3 is 0 Å². The topological polar surface area (TPSA) is 92.5 Å². The summed E-state index contributed by atoms with van der Waals surface area (Å²) in [5.74, 6) is 0.200. The summed E-state index contributed by atoms with van der Waals surface area (Å²) in [6.45, 7) is 6.35. The van der Waals surface area contributed by atoms with Gasteiger partial charge in [0.25, 0.3) is 0 Å². The molecule has 1 fully saturated rings. The van der Waals surface area contributed by atoms with Crippen LogP contribution in [-0.2, 0) is 14.8 Å². The van der Waals surface area contributed by atoms with Gasteiger partial charge in [-0.2, -0.15) is 4.31 Å². The number of sulfonamides is 1. The molecule has 0 unspecified atom stereocenters. The van der Waals surface area contributed by atoms with Gasteiger partial charge in [-0.25, -0.2) is 8.42 Å². The van der Waals surface area contributed by atoms with Crippen molar-refractivity contribution in [3.05, 3.63) is 11.5 Å². The van der Waals surface area contributed by atoms with Gasteiger partial charge in [0.2, 0.25) is 15.9 Å². The van der Waals surface area contributed by atoms with Crippen LogP contribution in [0.2, 0.25) is 0 Å². The van der Waals surface area contributed by atoms with Gasteiger partial charge in [-0.3, -0.25) is 4.79 Å². The summed E-state index contributed by atoms with van der Waals surface area (Å²) in [6, 6.07) is 0. The lowest BCUT2D eigenvalue weighted by molar-refractivity contribution is -0.126. The highest BCUT2D eigenvalue weighted by Crippen LogP contribution is 2.27. The van der Waals surface area contributed by atoms with Crippen LogP contribution in [0.25, 0.3) is 0 Å². The van der Waals surface area contributed by atoms with Gasteiger partial charge in [0.1, 0.15) is 10.6 Å². The molecular formula is C13H21N3O4S. The Bertz CT molecular complexity index is 596. The van der Waals surface area contributed by atoms with Crippen molar-refractivity contribution in [2.75, 3.05) is 19.6 Å². The van der Waals surface area contributed by atoms with Crippen LogP contribution in [0.1, 0.15) is 31.2 Å². The van der Waals surface area contributed by atoms with Crippen molar-refractivity contribution >= 4 is 15.9 Å². The molecule has 1 N–H and O–H groups in total. The second-order valence-electron chi connectivity index (χ2n) is 5.23. The molecule has 1 aromatic heterocycles. The molecule has 0 aromatic carbocycles. The highest BCUT2D eigenvalue weighted by atomic mass is 32.2. The molecule has 0 radical (unpaired) electrons. The lowest BCUT2D eigenvalue weighted by atomic mass is 9.97. The minimum atomic E-state index is -3.60. The second kappa shape index (κ2) is 6.15. The van der Waals surface area contributed by atoms with Crippen LogP contribution in [0.15, 0.2) is 9.42 Å². The molecule has 0 aliphatic carbocycles. The average Bonchev–Trinajstić information content (AvgIpc) is 2.79. The van der Waals surface area contributed by atoms with Crippen LogP contribution >= 0.6 is 0 Å². The van der Waals surface area contributed by atoms with E-state index in [9.17, 15) is 13.2 Å². The van der Waals surface area contributed by atoms with Crippen molar-refractivity contribution in [1.29, 1.82) is 0 Å². The Morgan fingerprint density at radius 3 is 2.48 bits per heavy atom. The summed E-state index contributed by atoms with van der Waals surface area (Å²) in [4.78, 5) is 11.9. The van der Waals surface area contributed by atoms with Gasteiger partial charge in [0, 0.05) is 25.6 Å². The van der Waals surface area contributed by atoms with Crippen LogP contribution in [0.3, 0.4) is 0 Å². The first-order valence-electron chi connectivity index (χ1n) is 7.08. The quantitative estimate of drug-likeness (QED) is 0.888. The molecule has 0 atom stereocenters. The van der Waals surface area contributed by atoms with E-state index in [4.69, 9.17) is 4.52 Å². The number of nitrogens with one attached hydrogen (secondary N) is 1. The molecule has 1 aliphatic rings. The second-order valence-corrected chi connectivity index (χ2v) is 7.10. The fraction of sp³-hybridized carbons (Fsp3) is 0.692. The number of amides is 1. The Morgan fingerprint density at radius 2 is 2.00 bits per heavy atom. The fourth-order valence-electron chi connectivity index (χ4n) is 2.65. The number of aromatic nitrogens is 1. The molecule has 2 rings (SSSR count). The summed E-state index contributed by atoms with van der Waals surface area (Å²) in [5, 5.41) is 6.48. The molecule has 118 valence electrons. The largest absolute Gasteiger partial charge is 0.360 e. The van der Waals surface area contributed by atoms with E-state index in [2.05, 4.69) is 10.5 Å². The molecule has 8 heteroatoms. The van der Waals surface area contributed by atoms with Gasteiger partial charge in [0.15, 0.2) is 5.76 Å². The maximum Gasteiger partial charge on any atom is 0.248 e. The summed E-state index contributed by atoms with van der Waals surface area (Å²) in [7, 11) is -3.60. The van der Waals surface area contributed by atoms with E-state index in [0.29, 0.717) is 43.9 Å². The van der Waals surface area contributed by atoms with Crippen LogP contribution in [-0.4, -0.2) is 43.4 Å². The monoisotopic (exact) mass is 315 g/mol. The van der Waals surface area contributed by atoms with E-state index in [1.165, 1.54) is 4.31 Å². The van der Waals surface area contributed by atoms with Crippen LogP contribution in [0.5, 0.6) is 0 Å². The molecule has 0 spiro atoms. The lowest BCUT2D eigenvalue weighted by Gasteiger charge is -2.30. The van der Waals surface area contributed by atoms with Crippen molar-refractivity contribution in [2.45, 2.75) is 38.5 Å². The first-order valence-corrected chi connectivity index (χ1v) is 8.52. The van der Waals surface area contributed by atoms with E-state index >= 15 is 0 Å². The first-order chi connectivity index (χ1) is 9.87. The Hall–Kier alpha value is -1.41. The highest BCUT2D eigenvalue weighted by Gasteiger charge is 2.35. The molecule has 1 aromatic rings. The molecule has 1 aliphatic heterocycles. The zero-order valence-corrected chi connectivity index (χ0v) is 13.4. The minimum absolute atomic E-state index is 0.00638. The van der Waals surface area contributed by atoms with Gasteiger partial charge in [0.05, 0.1) is 0 Å². The summed E-state index contributed by atoms with van der Waals surface area (Å²) in [6.07, 6.45) is 1.07. The minimum Gasteiger partial charge on any atom is -0.360 e. The summed E-state index contributed by atoms with van der Waals surface area (Å²) in [5.41, 5.74) is 0.373. The Balaban J connectivity index is 2.10. The third-order valence-electron chi connectivity index (χ3n) is 3.74. The van der Waals surface area contributed by atoms with E-state index in [1.54, 1.807) is 13.8 Å². The number of piperidine rings is 1. The van der Waals surface area contributed by atoms with Crippen molar-refractivity contribution < 1.29 is 17.7 Å². The molecular weight excluding hydrogens is 294 g/mol. The Kier molecular flexibility index (Phi) is 4.67. The molecule has 1 amide bonds. The molecule has 7 nitrogen and oxygen atoms in total. The number of hydrogen-bond acceptors (Lipinski definition) is 5. The number of nitrogens with zero attached hydrogens (tertiary/aromatic N) is 2. The SMILES string of the molecule is CCNC(=O)C1CCN(S(=O)(=O)c2c(C)noc2C)CC1. The predicted octanol–water partition coefficient (Wildman–Crippen LogP) is 0.828. The zero-order valence-electron chi connectivity index (χ0n) is 12.5. The molecule has 21 heavy (non-hydrogen) atoms. The van der Waals surface area contributed by atoms with E-state index in [-0.39, 0.29) is 16.7 Å². The normalized spacial score (nSPS) is 17.9. The number of rotatable bonds is 4. The molecule has 1 saturated heterocycles. The number of hydrogen-bond donors (Lipinski definition) is 1.